The Morgan fingerprint density at radius 1 is 1.00 bits per heavy atom. The molecule has 0 unspecified atom stereocenters. The monoisotopic (exact) mass is 400 g/mol. The highest BCUT2D eigenvalue weighted by molar-refractivity contribution is 8.00. The lowest BCUT2D eigenvalue weighted by atomic mass is 10.2. The molecule has 0 aliphatic rings. The summed E-state index contributed by atoms with van der Waals surface area (Å²) in [5.41, 5.74) is 5.06. The third-order valence-electron chi connectivity index (χ3n) is 2.92. The lowest BCUT2D eigenvalue weighted by molar-refractivity contribution is -0.119. The number of amides is 2. The van der Waals surface area contributed by atoms with Crippen LogP contribution in [0, 0.1) is 0 Å². The molecule has 0 aliphatic carbocycles. The fraction of sp³-hybridized carbons (Fsp3) is 0.125. The second-order valence-electron chi connectivity index (χ2n) is 4.59. The third kappa shape index (κ3) is 5.63. The fourth-order valence-electron chi connectivity index (χ4n) is 1.71. The van der Waals surface area contributed by atoms with Crippen LogP contribution >= 0.6 is 46.7 Å². The smallest absolute Gasteiger partial charge is 0.271 e. The van der Waals surface area contributed by atoms with Crippen molar-refractivity contribution in [3.8, 4) is 0 Å². The summed E-state index contributed by atoms with van der Waals surface area (Å²) in [6, 6.07) is 12.3. The molecule has 2 N–H and O–H groups in total. The molecule has 0 bridgehead atoms. The average molecular weight is 401 g/mol. The van der Waals surface area contributed by atoms with Gasteiger partial charge in [-0.2, -0.15) is 0 Å². The topological polar surface area (TPSA) is 58.2 Å². The maximum atomic E-state index is 12.1. The molecule has 24 heavy (non-hydrogen) atoms. The zero-order valence-corrected chi connectivity index (χ0v) is 15.8. The van der Waals surface area contributed by atoms with Gasteiger partial charge in [0.2, 0.25) is 5.91 Å². The first-order valence-corrected chi connectivity index (χ1v) is 9.77. The zero-order chi connectivity index (χ0) is 17.5. The SMILES string of the molecule is CSc1ccc(Cl)c(C(=O)NNC(=O)CSc2ccc(Cl)cc2)c1. The van der Waals surface area contributed by atoms with Crippen LogP contribution in [0.4, 0.5) is 0 Å². The van der Waals surface area contributed by atoms with Crippen LogP contribution in [-0.2, 0) is 4.79 Å². The largest absolute Gasteiger partial charge is 0.272 e. The van der Waals surface area contributed by atoms with E-state index in [4.69, 9.17) is 23.2 Å². The minimum atomic E-state index is -0.458. The number of hydrogen-bond donors (Lipinski definition) is 2. The number of halogens is 2. The highest BCUT2D eigenvalue weighted by Crippen LogP contribution is 2.23. The molecule has 126 valence electrons. The van der Waals surface area contributed by atoms with Crippen molar-refractivity contribution >= 4 is 58.5 Å². The summed E-state index contributed by atoms with van der Waals surface area (Å²) >= 11 is 14.7. The van der Waals surface area contributed by atoms with Crippen LogP contribution in [0.1, 0.15) is 10.4 Å². The molecule has 0 atom stereocenters. The Kier molecular flexibility index (Phi) is 7.30. The number of carbonyl (C=O) groups is 2. The highest BCUT2D eigenvalue weighted by Gasteiger charge is 2.12. The van der Waals surface area contributed by atoms with E-state index in [0.29, 0.717) is 15.6 Å². The molecule has 0 radical (unpaired) electrons. The molecule has 0 saturated heterocycles. The van der Waals surface area contributed by atoms with Gasteiger partial charge in [0.25, 0.3) is 5.91 Å². The lowest BCUT2D eigenvalue weighted by Crippen LogP contribution is -2.42. The minimum Gasteiger partial charge on any atom is -0.272 e. The van der Waals surface area contributed by atoms with Crippen LogP contribution in [0.3, 0.4) is 0 Å². The number of benzene rings is 2. The number of nitrogens with one attached hydrogen (secondary N) is 2. The third-order valence-corrected chi connectivity index (χ3v) is 5.24. The Hall–Kier alpha value is -1.34. The minimum absolute atomic E-state index is 0.167. The van der Waals surface area contributed by atoms with Crippen LogP contribution in [0.15, 0.2) is 52.3 Å². The summed E-state index contributed by atoms with van der Waals surface area (Å²) in [4.78, 5) is 25.8. The predicted molar refractivity (Wildman–Crippen MR) is 101 cm³/mol. The van der Waals surface area contributed by atoms with Gasteiger partial charge in [-0.3, -0.25) is 20.4 Å². The second-order valence-corrected chi connectivity index (χ2v) is 7.36. The molecule has 2 aromatic carbocycles. The Bertz CT molecular complexity index is 739. The standard InChI is InChI=1S/C16H14Cl2N2O2S2/c1-23-12-6-7-14(18)13(8-12)16(22)20-19-15(21)9-24-11-4-2-10(17)3-5-11/h2-8H,9H2,1H3,(H,19,21)(H,20,22). The number of thioether (sulfide) groups is 2. The molecular formula is C16H14Cl2N2O2S2. The Morgan fingerprint density at radius 3 is 2.33 bits per heavy atom. The molecule has 0 aromatic heterocycles. The van der Waals surface area contributed by atoms with E-state index >= 15 is 0 Å². The van der Waals surface area contributed by atoms with Crippen LogP contribution in [0.5, 0.6) is 0 Å². The van der Waals surface area contributed by atoms with Crippen molar-refractivity contribution in [3.05, 3.63) is 58.1 Å². The van der Waals surface area contributed by atoms with Crippen molar-refractivity contribution in [1.82, 2.24) is 10.9 Å². The lowest BCUT2D eigenvalue weighted by Gasteiger charge is -2.09. The molecule has 2 rings (SSSR count). The van der Waals surface area contributed by atoms with E-state index in [2.05, 4.69) is 10.9 Å². The van der Waals surface area contributed by atoms with Gasteiger partial charge in [0.05, 0.1) is 16.3 Å². The van der Waals surface area contributed by atoms with Gasteiger partial charge in [-0.15, -0.1) is 23.5 Å². The molecule has 0 fully saturated rings. The van der Waals surface area contributed by atoms with Crippen molar-refractivity contribution < 1.29 is 9.59 Å². The van der Waals surface area contributed by atoms with Gasteiger partial charge in [0, 0.05) is 14.8 Å². The highest BCUT2D eigenvalue weighted by atomic mass is 35.5. The van der Waals surface area contributed by atoms with Crippen LogP contribution < -0.4 is 10.9 Å². The molecule has 2 amide bonds. The van der Waals surface area contributed by atoms with Crippen molar-refractivity contribution in [2.75, 3.05) is 12.0 Å². The summed E-state index contributed by atoms with van der Waals surface area (Å²) in [6.45, 7) is 0. The van der Waals surface area contributed by atoms with Gasteiger partial charge < -0.3 is 0 Å². The molecule has 4 nitrogen and oxygen atoms in total. The van der Waals surface area contributed by atoms with E-state index in [1.807, 2.05) is 24.5 Å². The first-order valence-electron chi connectivity index (χ1n) is 6.80. The van der Waals surface area contributed by atoms with E-state index in [1.165, 1.54) is 23.5 Å². The van der Waals surface area contributed by atoms with E-state index in [-0.39, 0.29) is 11.7 Å². The van der Waals surface area contributed by atoms with Crippen molar-refractivity contribution in [3.63, 3.8) is 0 Å². The first-order chi connectivity index (χ1) is 11.5. The van der Waals surface area contributed by atoms with E-state index in [0.717, 1.165) is 9.79 Å². The van der Waals surface area contributed by atoms with Crippen molar-refractivity contribution in [2.24, 2.45) is 0 Å². The van der Waals surface area contributed by atoms with Gasteiger partial charge in [0.15, 0.2) is 0 Å². The van der Waals surface area contributed by atoms with Gasteiger partial charge >= 0.3 is 0 Å². The summed E-state index contributed by atoms with van der Waals surface area (Å²) in [5.74, 6) is -0.610. The molecular weight excluding hydrogens is 387 g/mol. The van der Waals surface area contributed by atoms with Crippen molar-refractivity contribution in [1.29, 1.82) is 0 Å². The van der Waals surface area contributed by atoms with Gasteiger partial charge in [-0.05, 0) is 48.7 Å². The summed E-state index contributed by atoms with van der Waals surface area (Å²) in [5, 5.41) is 0.968. The molecule has 8 heteroatoms. The maximum absolute atomic E-state index is 12.1. The number of rotatable bonds is 5. The average Bonchev–Trinajstić information content (AvgIpc) is 2.59. The maximum Gasteiger partial charge on any atom is 0.271 e. The van der Waals surface area contributed by atoms with Crippen molar-refractivity contribution in [2.45, 2.75) is 9.79 Å². The number of hydrogen-bond acceptors (Lipinski definition) is 4. The van der Waals surface area contributed by atoms with E-state index in [1.54, 1.807) is 24.3 Å². The summed E-state index contributed by atoms with van der Waals surface area (Å²) in [6.07, 6.45) is 1.90. The summed E-state index contributed by atoms with van der Waals surface area (Å²) < 4.78 is 0. The molecule has 2 aromatic rings. The normalized spacial score (nSPS) is 10.3. The number of carbonyl (C=O) groups excluding carboxylic acids is 2. The Labute approximate surface area is 158 Å². The quantitative estimate of drug-likeness (QED) is 0.581. The van der Waals surface area contributed by atoms with Crippen LogP contribution in [-0.4, -0.2) is 23.8 Å². The Balaban J connectivity index is 1.85. The van der Waals surface area contributed by atoms with E-state index < -0.39 is 5.91 Å². The van der Waals surface area contributed by atoms with E-state index in [9.17, 15) is 9.59 Å². The van der Waals surface area contributed by atoms with Gasteiger partial charge in [-0.25, -0.2) is 0 Å². The predicted octanol–water partition coefficient (Wildman–Crippen LogP) is 4.27. The number of hydrazine groups is 1. The van der Waals surface area contributed by atoms with Crippen LogP contribution in [0.25, 0.3) is 0 Å². The zero-order valence-electron chi connectivity index (χ0n) is 12.6. The Morgan fingerprint density at radius 2 is 1.67 bits per heavy atom. The fourth-order valence-corrected chi connectivity index (χ4v) is 3.18. The van der Waals surface area contributed by atoms with Gasteiger partial charge in [-0.1, -0.05) is 23.2 Å². The summed E-state index contributed by atoms with van der Waals surface area (Å²) in [7, 11) is 0. The molecule has 0 aliphatic heterocycles. The first kappa shape index (κ1) is 19.0. The molecule has 0 saturated carbocycles. The van der Waals surface area contributed by atoms with Crippen LogP contribution in [0.2, 0.25) is 10.0 Å². The molecule has 0 spiro atoms. The molecule has 0 heterocycles. The second kappa shape index (κ2) is 9.22. The van der Waals surface area contributed by atoms with Gasteiger partial charge in [0.1, 0.15) is 0 Å².